The quantitative estimate of drug-likeness (QED) is 0.611. The highest BCUT2D eigenvalue weighted by Gasteiger charge is 2.26. The van der Waals surface area contributed by atoms with Crippen molar-refractivity contribution in [1.82, 2.24) is 9.97 Å². The lowest BCUT2D eigenvalue weighted by Gasteiger charge is -2.32. The number of quaternary nitrogens is 1. The molecule has 0 amide bonds. The van der Waals surface area contributed by atoms with Gasteiger partial charge in [0, 0.05) is 11.8 Å². The lowest BCUT2D eigenvalue weighted by molar-refractivity contribution is -0.833. The molecule has 1 aliphatic rings. The predicted octanol–water partition coefficient (Wildman–Crippen LogP) is 2.98. The van der Waals surface area contributed by atoms with Crippen molar-refractivity contribution >= 4 is 33.6 Å². The van der Waals surface area contributed by atoms with Gasteiger partial charge in [0.25, 0.3) is 0 Å². The summed E-state index contributed by atoms with van der Waals surface area (Å²) in [6, 6.07) is 18.8. The lowest BCUT2D eigenvalue weighted by Crippen LogP contribution is -3.10. The Hall–Kier alpha value is -2.92. The summed E-state index contributed by atoms with van der Waals surface area (Å²) in [6.07, 6.45) is 0.817. The van der Waals surface area contributed by atoms with E-state index in [9.17, 15) is 0 Å². The van der Waals surface area contributed by atoms with Crippen molar-refractivity contribution in [3.63, 3.8) is 0 Å². The summed E-state index contributed by atoms with van der Waals surface area (Å²) in [5, 5.41) is 1.07. The molecule has 0 atom stereocenters. The van der Waals surface area contributed by atoms with Crippen LogP contribution in [0.2, 0.25) is 0 Å². The van der Waals surface area contributed by atoms with Crippen LogP contribution in [0.1, 0.15) is 12.7 Å². The number of nitrogens with one attached hydrogen (secondary N) is 1. The van der Waals surface area contributed by atoms with Crippen LogP contribution in [-0.2, 0) is 6.42 Å². The van der Waals surface area contributed by atoms with E-state index in [-0.39, 0.29) is 0 Å². The standard InChI is InChI=1S/C22H22N4O/c1-2-19-23-20-17-10-6-7-11-18(17)27-21(20)22(24-19)26-14-12-25(13-15-26)16-8-4-3-5-9-16/h3-11H,2,12-15H2,1H3/p+1. The van der Waals surface area contributed by atoms with E-state index in [1.54, 1.807) is 0 Å². The molecule has 136 valence electrons. The number of aryl methyl sites for hydroxylation is 1. The molecule has 27 heavy (non-hydrogen) atoms. The number of rotatable bonds is 3. The van der Waals surface area contributed by atoms with E-state index in [2.05, 4.69) is 48.2 Å². The Morgan fingerprint density at radius 2 is 1.70 bits per heavy atom. The van der Waals surface area contributed by atoms with Gasteiger partial charge >= 0.3 is 0 Å². The number of piperazine rings is 1. The summed E-state index contributed by atoms with van der Waals surface area (Å²) in [6.45, 7) is 6.12. The molecule has 1 saturated heterocycles. The van der Waals surface area contributed by atoms with E-state index in [0.29, 0.717) is 0 Å². The lowest BCUT2D eigenvalue weighted by atomic mass is 10.2. The maximum absolute atomic E-state index is 6.17. The zero-order valence-electron chi connectivity index (χ0n) is 15.5. The number of aromatic nitrogens is 2. The Kier molecular flexibility index (Phi) is 4.02. The van der Waals surface area contributed by atoms with Crippen molar-refractivity contribution in [2.45, 2.75) is 13.3 Å². The molecular formula is C22H23N4O+. The fourth-order valence-corrected chi connectivity index (χ4v) is 3.94. The normalized spacial score (nSPS) is 15.7. The molecular weight excluding hydrogens is 336 g/mol. The molecule has 1 aliphatic heterocycles. The highest BCUT2D eigenvalue weighted by Crippen LogP contribution is 2.33. The van der Waals surface area contributed by atoms with Gasteiger partial charge in [-0.3, -0.25) is 4.90 Å². The zero-order chi connectivity index (χ0) is 18.2. The first-order valence-corrected chi connectivity index (χ1v) is 9.66. The van der Waals surface area contributed by atoms with E-state index in [4.69, 9.17) is 14.4 Å². The third-order valence-electron chi connectivity index (χ3n) is 5.41. The largest absolute Gasteiger partial charge is 0.450 e. The molecule has 2 aromatic heterocycles. The van der Waals surface area contributed by atoms with E-state index in [1.807, 2.05) is 18.2 Å². The molecule has 5 nitrogen and oxygen atoms in total. The second-order valence-electron chi connectivity index (χ2n) is 7.05. The van der Waals surface area contributed by atoms with Gasteiger partial charge in [0.2, 0.25) is 0 Å². The monoisotopic (exact) mass is 359 g/mol. The summed E-state index contributed by atoms with van der Waals surface area (Å²) >= 11 is 0. The van der Waals surface area contributed by atoms with Crippen molar-refractivity contribution < 1.29 is 9.32 Å². The third kappa shape index (κ3) is 2.84. The Morgan fingerprint density at radius 3 is 2.48 bits per heavy atom. The van der Waals surface area contributed by atoms with Gasteiger partial charge in [-0.25, -0.2) is 9.97 Å². The first kappa shape index (κ1) is 16.3. The van der Waals surface area contributed by atoms with Crippen LogP contribution in [0.5, 0.6) is 0 Å². The summed E-state index contributed by atoms with van der Waals surface area (Å²) in [4.78, 5) is 13.5. The second kappa shape index (κ2) is 6.67. The van der Waals surface area contributed by atoms with Crippen LogP contribution >= 0.6 is 0 Å². The van der Waals surface area contributed by atoms with Gasteiger partial charge < -0.3 is 9.32 Å². The number of para-hydroxylation sites is 2. The Bertz CT molecular complexity index is 1080. The maximum Gasteiger partial charge on any atom is 0.196 e. The minimum absolute atomic E-state index is 0.816. The summed E-state index contributed by atoms with van der Waals surface area (Å²) in [7, 11) is 0. The molecule has 0 saturated carbocycles. The summed E-state index contributed by atoms with van der Waals surface area (Å²) in [5.41, 5.74) is 4.00. The number of nitrogens with zero attached hydrogens (tertiary/aromatic N) is 3. The van der Waals surface area contributed by atoms with Crippen LogP contribution < -0.4 is 9.80 Å². The average molecular weight is 359 g/mol. The number of furan rings is 1. The van der Waals surface area contributed by atoms with Crippen LogP contribution in [0.25, 0.3) is 22.1 Å². The zero-order valence-corrected chi connectivity index (χ0v) is 15.5. The summed E-state index contributed by atoms with van der Waals surface area (Å²) < 4.78 is 6.17. The fourth-order valence-electron chi connectivity index (χ4n) is 3.94. The number of fused-ring (bicyclic) bond motifs is 3. The fraction of sp³-hybridized carbons (Fsp3) is 0.273. The summed E-state index contributed by atoms with van der Waals surface area (Å²) in [5.74, 6) is 1.82. The van der Waals surface area contributed by atoms with E-state index >= 15 is 0 Å². The van der Waals surface area contributed by atoms with Gasteiger partial charge in [0.05, 0.1) is 26.2 Å². The average Bonchev–Trinajstić information content (AvgIpc) is 3.12. The Balaban J connectivity index is 1.51. The first-order valence-electron chi connectivity index (χ1n) is 9.66. The molecule has 0 radical (unpaired) electrons. The van der Waals surface area contributed by atoms with Crippen LogP contribution in [0, 0.1) is 0 Å². The van der Waals surface area contributed by atoms with Crippen molar-refractivity contribution in [1.29, 1.82) is 0 Å². The van der Waals surface area contributed by atoms with Crippen molar-refractivity contribution in [2.75, 3.05) is 31.1 Å². The van der Waals surface area contributed by atoms with Crippen LogP contribution in [0.15, 0.2) is 59.0 Å². The van der Waals surface area contributed by atoms with E-state index in [1.165, 1.54) is 10.6 Å². The molecule has 1 N–H and O–H groups in total. The van der Waals surface area contributed by atoms with Crippen molar-refractivity contribution in [3.05, 3.63) is 60.4 Å². The maximum atomic E-state index is 6.17. The molecule has 2 aromatic carbocycles. The van der Waals surface area contributed by atoms with Gasteiger partial charge in [-0.15, -0.1) is 0 Å². The van der Waals surface area contributed by atoms with Crippen molar-refractivity contribution in [2.24, 2.45) is 0 Å². The van der Waals surface area contributed by atoms with Crippen LogP contribution in [0.4, 0.5) is 11.5 Å². The van der Waals surface area contributed by atoms with Crippen LogP contribution in [-0.4, -0.2) is 36.1 Å². The minimum Gasteiger partial charge on any atom is -0.450 e. The van der Waals surface area contributed by atoms with Gasteiger partial charge in [-0.05, 0) is 24.3 Å². The van der Waals surface area contributed by atoms with Gasteiger partial charge in [-0.2, -0.15) is 0 Å². The Morgan fingerprint density at radius 1 is 0.963 bits per heavy atom. The molecule has 0 bridgehead atoms. The number of anilines is 1. The first-order chi connectivity index (χ1) is 13.3. The minimum atomic E-state index is 0.816. The molecule has 1 fully saturated rings. The number of hydrogen-bond acceptors (Lipinski definition) is 4. The smallest absolute Gasteiger partial charge is 0.196 e. The van der Waals surface area contributed by atoms with E-state index in [0.717, 1.165) is 66.3 Å². The second-order valence-corrected chi connectivity index (χ2v) is 7.05. The Labute approximate surface area is 158 Å². The molecule has 4 aromatic rings. The molecule has 3 heterocycles. The molecule has 0 aliphatic carbocycles. The van der Waals surface area contributed by atoms with Crippen molar-refractivity contribution in [3.8, 4) is 0 Å². The molecule has 0 spiro atoms. The predicted molar refractivity (Wildman–Crippen MR) is 108 cm³/mol. The highest BCUT2D eigenvalue weighted by atomic mass is 16.3. The molecule has 0 unspecified atom stereocenters. The number of benzene rings is 2. The molecule has 5 rings (SSSR count). The van der Waals surface area contributed by atoms with Gasteiger partial charge in [-0.1, -0.05) is 37.3 Å². The van der Waals surface area contributed by atoms with Crippen LogP contribution in [0.3, 0.4) is 0 Å². The third-order valence-corrected chi connectivity index (χ3v) is 5.41. The van der Waals surface area contributed by atoms with Gasteiger partial charge in [0.1, 0.15) is 22.6 Å². The number of hydrogen-bond donors (Lipinski definition) is 1. The topological polar surface area (TPSA) is 46.6 Å². The van der Waals surface area contributed by atoms with E-state index < -0.39 is 0 Å². The SMILES string of the molecule is CCc1nc(N2CC[NH+](c3ccccc3)CC2)c2oc3ccccc3c2n1. The van der Waals surface area contributed by atoms with Gasteiger partial charge in [0.15, 0.2) is 11.4 Å². The highest BCUT2D eigenvalue weighted by molar-refractivity contribution is 6.05. The molecule has 5 heteroatoms.